The maximum atomic E-state index is 13.0. The molecular weight excluding hydrogens is 319 g/mol. The molecule has 2 heterocycles. The predicted octanol–water partition coefficient (Wildman–Crippen LogP) is 2.65. The summed E-state index contributed by atoms with van der Waals surface area (Å²) in [5, 5.41) is 9.61. The molecule has 1 saturated heterocycles. The van der Waals surface area contributed by atoms with Crippen LogP contribution >= 0.6 is 0 Å². The Hall–Kier alpha value is -2.21. The highest BCUT2D eigenvalue weighted by Gasteiger charge is 2.23. The molecule has 0 radical (unpaired) electrons. The topological polar surface area (TPSA) is 52.5 Å². The second-order valence-corrected chi connectivity index (χ2v) is 6.56. The molecule has 1 atom stereocenters. The lowest BCUT2D eigenvalue weighted by molar-refractivity contribution is 0.239. The van der Waals surface area contributed by atoms with Gasteiger partial charge in [-0.05, 0) is 43.4 Å². The van der Waals surface area contributed by atoms with Crippen LogP contribution in [0.1, 0.15) is 24.8 Å². The van der Waals surface area contributed by atoms with E-state index in [4.69, 9.17) is 0 Å². The van der Waals surface area contributed by atoms with Crippen molar-refractivity contribution < 1.29 is 9.50 Å². The van der Waals surface area contributed by atoms with Crippen molar-refractivity contribution in [2.45, 2.75) is 31.7 Å². The molecule has 6 heteroatoms. The number of benzene rings is 1. The van der Waals surface area contributed by atoms with Gasteiger partial charge in [0.2, 0.25) is 0 Å². The van der Waals surface area contributed by atoms with Crippen molar-refractivity contribution in [2.24, 2.45) is 0 Å². The van der Waals surface area contributed by atoms with Crippen LogP contribution < -0.4 is 9.80 Å². The van der Waals surface area contributed by atoms with Crippen molar-refractivity contribution in [1.82, 2.24) is 9.97 Å². The molecule has 1 N–H and O–H groups in total. The minimum absolute atomic E-state index is 0.140. The van der Waals surface area contributed by atoms with Crippen molar-refractivity contribution >= 4 is 11.6 Å². The first-order valence-electron chi connectivity index (χ1n) is 8.82. The molecule has 0 bridgehead atoms. The predicted molar refractivity (Wildman–Crippen MR) is 97.5 cm³/mol. The van der Waals surface area contributed by atoms with Gasteiger partial charge in [0.05, 0.1) is 12.6 Å². The second-order valence-electron chi connectivity index (χ2n) is 6.56. The maximum Gasteiger partial charge on any atom is 0.134 e. The van der Waals surface area contributed by atoms with Crippen LogP contribution in [-0.4, -0.2) is 47.9 Å². The average molecular weight is 344 g/mol. The van der Waals surface area contributed by atoms with Crippen LogP contribution in [-0.2, 0) is 6.42 Å². The second kappa shape index (κ2) is 8.25. The number of nitrogens with zero attached hydrogens (tertiary/aromatic N) is 4. The largest absolute Gasteiger partial charge is 0.394 e. The van der Waals surface area contributed by atoms with Crippen LogP contribution in [0.15, 0.2) is 36.7 Å². The van der Waals surface area contributed by atoms with Gasteiger partial charge < -0.3 is 14.9 Å². The minimum Gasteiger partial charge on any atom is -0.394 e. The van der Waals surface area contributed by atoms with Crippen LogP contribution in [0.2, 0.25) is 0 Å². The van der Waals surface area contributed by atoms with Crippen molar-refractivity contribution in [3.63, 3.8) is 0 Å². The zero-order valence-electron chi connectivity index (χ0n) is 14.6. The highest BCUT2D eigenvalue weighted by Crippen LogP contribution is 2.24. The van der Waals surface area contributed by atoms with Crippen molar-refractivity contribution in [3.05, 3.63) is 48.0 Å². The lowest BCUT2D eigenvalue weighted by atomic mass is 10.0. The summed E-state index contributed by atoms with van der Waals surface area (Å²) >= 11 is 0. The van der Waals surface area contributed by atoms with Gasteiger partial charge in [-0.15, -0.1) is 0 Å². The number of likely N-dealkylation sites (N-methyl/N-ethyl adjacent to an activating group) is 1. The molecule has 2 aromatic rings. The first kappa shape index (κ1) is 17.6. The summed E-state index contributed by atoms with van der Waals surface area (Å²) in [4.78, 5) is 13.0. The highest BCUT2D eigenvalue weighted by atomic mass is 19.1. The molecule has 1 aromatic heterocycles. The van der Waals surface area contributed by atoms with Crippen molar-refractivity contribution in [2.75, 3.05) is 36.5 Å². The molecule has 134 valence electrons. The molecule has 1 fully saturated rings. The Balaban J connectivity index is 1.66. The lowest BCUT2D eigenvalue weighted by Gasteiger charge is -2.35. The van der Waals surface area contributed by atoms with E-state index in [9.17, 15) is 9.50 Å². The molecular formula is C19H25FN4O. The Kier molecular flexibility index (Phi) is 5.81. The number of aromatic nitrogens is 2. The van der Waals surface area contributed by atoms with Crippen molar-refractivity contribution in [3.8, 4) is 0 Å². The van der Waals surface area contributed by atoms with E-state index in [0.717, 1.165) is 56.0 Å². The van der Waals surface area contributed by atoms with E-state index >= 15 is 0 Å². The van der Waals surface area contributed by atoms with Gasteiger partial charge in [-0.25, -0.2) is 14.4 Å². The standard InChI is InChI=1S/C19H25FN4O/c1-23(11-9-15-5-7-16(20)8-6-15)18-12-19(22-14-21-18)24-10-3-2-4-17(24)13-25/h5-8,12,14,17,25H,2-4,9-11,13H2,1H3. The first-order chi connectivity index (χ1) is 12.2. The van der Waals surface area contributed by atoms with Gasteiger partial charge in [0.25, 0.3) is 0 Å². The van der Waals surface area contributed by atoms with Crippen LogP contribution in [0.25, 0.3) is 0 Å². The van der Waals surface area contributed by atoms with E-state index in [1.54, 1.807) is 6.33 Å². The highest BCUT2D eigenvalue weighted by molar-refractivity contribution is 5.50. The quantitative estimate of drug-likeness (QED) is 0.873. The lowest BCUT2D eigenvalue weighted by Crippen LogP contribution is -2.42. The number of piperidine rings is 1. The fourth-order valence-corrected chi connectivity index (χ4v) is 3.26. The molecule has 1 aromatic carbocycles. The Bertz CT molecular complexity index is 679. The molecule has 0 saturated carbocycles. The third kappa shape index (κ3) is 4.45. The van der Waals surface area contributed by atoms with Gasteiger partial charge in [0.15, 0.2) is 0 Å². The zero-order valence-corrected chi connectivity index (χ0v) is 14.6. The number of aliphatic hydroxyl groups is 1. The summed E-state index contributed by atoms with van der Waals surface area (Å²) in [5.41, 5.74) is 1.10. The summed E-state index contributed by atoms with van der Waals surface area (Å²) in [5.74, 6) is 1.52. The molecule has 1 unspecified atom stereocenters. The third-order valence-corrected chi connectivity index (χ3v) is 4.81. The van der Waals surface area contributed by atoms with E-state index in [-0.39, 0.29) is 18.5 Å². The van der Waals surface area contributed by atoms with E-state index in [1.807, 2.05) is 25.2 Å². The fourth-order valence-electron chi connectivity index (χ4n) is 3.26. The third-order valence-electron chi connectivity index (χ3n) is 4.81. The molecule has 25 heavy (non-hydrogen) atoms. The number of halogens is 1. The van der Waals surface area contributed by atoms with Gasteiger partial charge in [-0.3, -0.25) is 0 Å². The summed E-state index contributed by atoms with van der Waals surface area (Å²) < 4.78 is 13.0. The van der Waals surface area contributed by atoms with Gasteiger partial charge in [0, 0.05) is 26.2 Å². The zero-order chi connectivity index (χ0) is 17.6. The van der Waals surface area contributed by atoms with Gasteiger partial charge in [-0.2, -0.15) is 0 Å². The number of rotatable bonds is 6. The molecule has 3 rings (SSSR count). The Morgan fingerprint density at radius 3 is 2.80 bits per heavy atom. The average Bonchev–Trinajstić information content (AvgIpc) is 2.67. The van der Waals surface area contributed by atoms with E-state index in [1.165, 1.54) is 12.1 Å². The fraction of sp³-hybridized carbons (Fsp3) is 0.474. The van der Waals surface area contributed by atoms with E-state index < -0.39 is 0 Å². The smallest absolute Gasteiger partial charge is 0.134 e. The van der Waals surface area contributed by atoms with E-state index in [0.29, 0.717) is 0 Å². The molecule has 0 amide bonds. The van der Waals surface area contributed by atoms with Gasteiger partial charge in [0.1, 0.15) is 23.8 Å². The summed E-state index contributed by atoms with van der Waals surface area (Å²) in [6.45, 7) is 1.85. The summed E-state index contributed by atoms with van der Waals surface area (Å²) in [6, 6.07) is 8.73. The molecule has 1 aliphatic rings. The molecule has 1 aliphatic heterocycles. The normalized spacial score (nSPS) is 17.6. The molecule has 0 spiro atoms. The number of aliphatic hydroxyl groups excluding tert-OH is 1. The van der Waals surface area contributed by atoms with E-state index in [2.05, 4.69) is 19.8 Å². The Morgan fingerprint density at radius 2 is 2.04 bits per heavy atom. The minimum atomic E-state index is -0.211. The van der Waals surface area contributed by atoms with Gasteiger partial charge in [-0.1, -0.05) is 12.1 Å². The summed E-state index contributed by atoms with van der Waals surface area (Å²) in [7, 11) is 2.00. The number of hydrogen-bond donors (Lipinski definition) is 1. The maximum absolute atomic E-state index is 13.0. The van der Waals surface area contributed by atoms with Crippen LogP contribution in [0, 0.1) is 5.82 Å². The van der Waals surface area contributed by atoms with Crippen LogP contribution in [0.4, 0.5) is 16.0 Å². The molecule has 0 aliphatic carbocycles. The van der Waals surface area contributed by atoms with Crippen molar-refractivity contribution in [1.29, 1.82) is 0 Å². The Labute approximate surface area is 148 Å². The molecule has 5 nitrogen and oxygen atoms in total. The SMILES string of the molecule is CN(CCc1ccc(F)cc1)c1cc(N2CCCCC2CO)ncn1. The van der Waals surface area contributed by atoms with Crippen LogP contribution in [0.5, 0.6) is 0 Å². The van der Waals surface area contributed by atoms with Crippen LogP contribution in [0.3, 0.4) is 0 Å². The van der Waals surface area contributed by atoms with Gasteiger partial charge >= 0.3 is 0 Å². The first-order valence-corrected chi connectivity index (χ1v) is 8.82. The number of anilines is 2. The monoisotopic (exact) mass is 344 g/mol. The Morgan fingerprint density at radius 1 is 1.24 bits per heavy atom. The number of hydrogen-bond acceptors (Lipinski definition) is 5. The summed E-state index contributed by atoms with van der Waals surface area (Å²) in [6.07, 6.45) is 5.67.